The maximum Gasteiger partial charge on any atom is 0.322 e. The number of carbonyl (C=O) groups is 1. The normalized spacial score (nSPS) is 29.1. The monoisotopic (exact) mass is 319 g/mol. The first kappa shape index (κ1) is 16.7. The molecule has 21 heavy (non-hydrogen) atoms. The molecule has 0 aromatic carbocycles. The third kappa shape index (κ3) is 3.56. The fourth-order valence-corrected chi connectivity index (χ4v) is 4.80. The van der Waals surface area contributed by atoms with Crippen molar-refractivity contribution >= 4 is 16.2 Å². The maximum absolute atomic E-state index is 12.7. The molecule has 0 aromatic heterocycles. The van der Waals surface area contributed by atoms with Crippen LogP contribution in [-0.2, 0) is 15.0 Å². The third-order valence-electron chi connectivity index (χ3n) is 4.57. The summed E-state index contributed by atoms with van der Waals surface area (Å²) in [6, 6.07) is -0.703. The molecule has 2 atom stereocenters. The highest BCUT2D eigenvalue weighted by Gasteiger charge is 2.39. The number of aliphatic carboxylic acids is 1. The van der Waals surface area contributed by atoms with Gasteiger partial charge in [0.15, 0.2) is 0 Å². The second kappa shape index (κ2) is 6.60. The van der Waals surface area contributed by atoms with E-state index in [-0.39, 0.29) is 6.04 Å². The fraction of sp³-hybridized carbons (Fsp3) is 0.923. The minimum Gasteiger partial charge on any atom is -0.480 e. The minimum atomic E-state index is -3.71. The Bertz CT molecular complexity index is 482. The molecule has 2 heterocycles. The summed E-state index contributed by atoms with van der Waals surface area (Å²) in [4.78, 5) is 13.5. The first-order chi connectivity index (χ1) is 9.84. The maximum atomic E-state index is 12.7. The molecule has 2 unspecified atom stereocenters. The Balaban J connectivity index is 2.09. The van der Waals surface area contributed by atoms with Crippen molar-refractivity contribution in [1.82, 2.24) is 13.5 Å². The summed E-state index contributed by atoms with van der Waals surface area (Å²) >= 11 is 0. The Morgan fingerprint density at radius 3 is 2.52 bits per heavy atom. The van der Waals surface area contributed by atoms with Crippen molar-refractivity contribution < 1.29 is 18.3 Å². The molecule has 8 heteroatoms. The Kier molecular flexibility index (Phi) is 5.24. The second-order valence-electron chi connectivity index (χ2n) is 6.03. The van der Waals surface area contributed by atoms with E-state index < -0.39 is 22.2 Å². The van der Waals surface area contributed by atoms with E-state index >= 15 is 0 Å². The van der Waals surface area contributed by atoms with E-state index in [2.05, 4.69) is 4.90 Å². The van der Waals surface area contributed by atoms with Gasteiger partial charge in [-0.05, 0) is 45.7 Å². The first-order valence-electron chi connectivity index (χ1n) is 7.50. The van der Waals surface area contributed by atoms with E-state index in [0.29, 0.717) is 19.5 Å². The lowest BCUT2D eigenvalue weighted by Gasteiger charge is -2.36. The number of carboxylic acids is 1. The van der Waals surface area contributed by atoms with Gasteiger partial charge in [-0.25, -0.2) is 0 Å². The number of piperidine rings is 1. The lowest BCUT2D eigenvalue weighted by molar-refractivity contribution is -0.142. The molecule has 0 amide bonds. The molecule has 2 rings (SSSR count). The average Bonchev–Trinajstić information content (AvgIpc) is 2.84. The highest BCUT2D eigenvalue weighted by atomic mass is 32.2. The number of nitrogens with zero attached hydrogens (tertiary/aromatic N) is 3. The smallest absolute Gasteiger partial charge is 0.322 e. The summed E-state index contributed by atoms with van der Waals surface area (Å²) in [6.45, 7) is 1.70. The van der Waals surface area contributed by atoms with Crippen LogP contribution in [0, 0.1) is 0 Å². The van der Waals surface area contributed by atoms with Crippen molar-refractivity contribution in [3.05, 3.63) is 0 Å². The molecule has 0 aliphatic carbocycles. The molecule has 0 spiro atoms. The molecule has 122 valence electrons. The van der Waals surface area contributed by atoms with E-state index in [1.807, 2.05) is 7.05 Å². The summed E-state index contributed by atoms with van der Waals surface area (Å²) in [7, 11) is -0.158. The van der Waals surface area contributed by atoms with Crippen molar-refractivity contribution in [1.29, 1.82) is 0 Å². The predicted octanol–water partition coefficient (Wildman–Crippen LogP) is 0.196. The molecule has 2 aliphatic rings. The summed E-state index contributed by atoms with van der Waals surface area (Å²) in [6.07, 6.45) is 3.94. The minimum absolute atomic E-state index is 0.220. The van der Waals surface area contributed by atoms with Gasteiger partial charge in [0.2, 0.25) is 0 Å². The zero-order valence-electron chi connectivity index (χ0n) is 12.7. The van der Waals surface area contributed by atoms with Crippen LogP contribution in [0.5, 0.6) is 0 Å². The zero-order valence-corrected chi connectivity index (χ0v) is 13.5. The van der Waals surface area contributed by atoms with Crippen LogP contribution in [0.1, 0.15) is 32.1 Å². The molecule has 7 nitrogen and oxygen atoms in total. The number of likely N-dealkylation sites (N-methyl/N-ethyl adjacent to an activating group) is 2. The Hall–Kier alpha value is -0.700. The summed E-state index contributed by atoms with van der Waals surface area (Å²) in [5.41, 5.74) is 0. The van der Waals surface area contributed by atoms with Gasteiger partial charge in [-0.2, -0.15) is 17.0 Å². The summed E-state index contributed by atoms with van der Waals surface area (Å²) in [5.74, 6) is -1.05. The van der Waals surface area contributed by atoms with Gasteiger partial charge in [-0.1, -0.05) is 0 Å². The molecule has 0 aromatic rings. The quantitative estimate of drug-likeness (QED) is 0.783. The number of hydrogen-bond acceptors (Lipinski definition) is 4. The van der Waals surface area contributed by atoms with Crippen molar-refractivity contribution in [3.63, 3.8) is 0 Å². The molecule has 0 saturated carbocycles. The molecule has 2 saturated heterocycles. The van der Waals surface area contributed by atoms with Gasteiger partial charge in [0.05, 0.1) is 0 Å². The molecule has 0 bridgehead atoms. The van der Waals surface area contributed by atoms with E-state index in [9.17, 15) is 18.3 Å². The largest absolute Gasteiger partial charge is 0.480 e. The average molecular weight is 319 g/mol. The summed E-state index contributed by atoms with van der Waals surface area (Å²) < 4.78 is 27.8. The van der Waals surface area contributed by atoms with Crippen LogP contribution in [0.25, 0.3) is 0 Å². The number of carboxylic acid groups (broad SMARTS) is 1. The van der Waals surface area contributed by atoms with Crippen molar-refractivity contribution in [2.75, 3.05) is 33.7 Å². The first-order valence-corrected chi connectivity index (χ1v) is 8.90. The zero-order chi connectivity index (χ0) is 15.6. The third-order valence-corrected chi connectivity index (χ3v) is 6.53. The highest BCUT2D eigenvalue weighted by molar-refractivity contribution is 7.86. The predicted molar refractivity (Wildman–Crippen MR) is 79.2 cm³/mol. The topological polar surface area (TPSA) is 81.2 Å². The fourth-order valence-electron chi connectivity index (χ4n) is 3.21. The highest BCUT2D eigenvalue weighted by Crippen LogP contribution is 2.24. The molecular weight excluding hydrogens is 294 g/mol. The van der Waals surface area contributed by atoms with E-state index in [4.69, 9.17) is 0 Å². The van der Waals surface area contributed by atoms with Gasteiger partial charge in [0, 0.05) is 26.2 Å². The molecule has 0 radical (unpaired) electrons. The van der Waals surface area contributed by atoms with Crippen LogP contribution in [-0.4, -0.2) is 78.8 Å². The van der Waals surface area contributed by atoms with Crippen LogP contribution in [0.2, 0.25) is 0 Å². The standard InChI is InChI=1S/C13H25N3O4S/c1-14-8-5-6-11(14)10-15(2)21(19,20)16-9-4-3-7-12(16)13(17)18/h11-12H,3-10H2,1-2H3,(H,17,18). The second-order valence-corrected chi connectivity index (χ2v) is 8.01. The molecule has 1 N–H and O–H groups in total. The molecular formula is C13H25N3O4S. The Labute approximate surface area is 126 Å². The van der Waals surface area contributed by atoms with Gasteiger partial charge in [-0.3, -0.25) is 4.79 Å². The SMILES string of the molecule is CN1CCCC1CN(C)S(=O)(=O)N1CCCCC1C(=O)O. The van der Waals surface area contributed by atoms with E-state index in [1.54, 1.807) is 7.05 Å². The van der Waals surface area contributed by atoms with Crippen molar-refractivity contribution in [2.45, 2.75) is 44.2 Å². The van der Waals surface area contributed by atoms with Crippen molar-refractivity contribution in [3.8, 4) is 0 Å². The number of hydrogen-bond donors (Lipinski definition) is 1. The van der Waals surface area contributed by atoms with Crippen LogP contribution >= 0.6 is 0 Å². The lowest BCUT2D eigenvalue weighted by atomic mass is 10.1. The van der Waals surface area contributed by atoms with E-state index in [1.165, 1.54) is 4.31 Å². The van der Waals surface area contributed by atoms with Gasteiger partial charge in [0.25, 0.3) is 10.2 Å². The Morgan fingerprint density at radius 2 is 1.95 bits per heavy atom. The lowest BCUT2D eigenvalue weighted by Crippen LogP contribution is -2.54. The molecule has 2 fully saturated rings. The number of likely N-dealkylation sites (tertiary alicyclic amines) is 1. The molecule has 2 aliphatic heterocycles. The summed E-state index contributed by atoms with van der Waals surface area (Å²) in [5, 5.41) is 9.25. The van der Waals surface area contributed by atoms with Gasteiger partial charge in [-0.15, -0.1) is 0 Å². The number of rotatable bonds is 5. The van der Waals surface area contributed by atoms with Crippen LogP contribution < -0.4 is 0 Å². The van der Waals surface area contributed by atoms with Crippen LogP contribution in [0.15, 0.2) is 0 Å². The Morgan fingerprint density at radius 1 is 1.24 bits per heavy atom. The van der Waals surface area contributed by atoms with Gasteiger partial charge < -0.3 is 10.0 Å². The van der Waals surface area contributed by atoms with Crippen LogP contribution in [0.3, 0.4) is 0 Å². The van der Waals surface area contributed by atoms with Crippen molar-refractivity contribution in [2.24, 2.45) is 0 Å². The van der Waals surface area contributed by atoms with Gasteiger partial charge in [0.1, 0.15) is 6.04 Å². The van der Waals surface area contributed by atoms with Crippen LogP contribution in [0.4, 0.5) is 0 Å². The van der Waals surface area contributed by atoms with Gasteiger partial charge >= 0.3 is 5.97 Å². The van der Waals surface area contributed by atoms with E-state index in [0.717, 1.165) is 36.5 Å².